The Bertz CT molecular complexity index is 643. The summed E-state index contributed by atoms with van der Waals surface area (Å²) in [7, 11) is 0. The first-order valence-electron chi connectivity index (χ1n) is 5.68. The molecular weight excluding hydrogens is 328 g/mol. The number of aromatic nitrogens is 1. The summed E-state index contributed by atoms with van der Waals surface area (Å²) < 4.78 is 0.853. The lowest BCUT2D eigenvalue weighted by Gasteiger charge is -2.09. The number of halogens is 2. The molecular formula is C14H12BrClN2O. The molecule has 0 saturated carbocycles. The van der Waals surface area contributed by atoms with Crippen LogP contribution in [0.2, 0.25) is 5.02 Å². The lowest BCUT2D eigenvalue weighted by molar-refractivity contribution is 0.102. The standard InChI is InChI=1S/C14H12BrClN2O/c1-8-3-5-11(9(2)17-8)14(19)18-13-7-10(15)4-6-12(13)16/h3-7H,1-2H3,(H,18,19). The van der Waals surface area contributed by atoms with E-state index in [1.165, 1.54) is 0 Å². The number of rotatable bonds is 2. The minimum absolute atomic E-state index is 0.218. The van der Waals surface area contributed by atoms with Crippen molar-refractivity contribution in [3.63, 3.8) is 0 Å². The average molecular weight is 340 g/mol. The van der Waals surface area contributed by atoms with Gasteiger partial charge < -0.3 is 5.32 Å². The third kappa shape index (κ3) is 3.33. The van der Waals surface area contributed by atoms with Gasteiger partial charge >= 0.3 is 0 Å². The molecule has 0 radical (unpaired) electrons. The van der Waals surface area contributed by atoms with Crippen LogP contribution in [-0.2, 0) is 0 Å². The number of carbonyl (C=O) groups excluding carboxylic acids is 1. The Hall–Kier alpha value is -1.39. The predicted molar refractivity (Wildman–Crippen MR) is 80.8 cm³/mol. The van der Waals surface area contributed by atoms with E-state index in [4.69, 9.17) is 11.6 Å². The highest BCUT2D eigenvalue weighted by molar-refractivity contribution is 9.10. The van der Waals surface area contributed by atoms with E-state index < -0.39 is 0 Å². The molecule has 0 aliphatic carbocycles. The highest BCUT2D eigenvalue weighted by atomic mass is 79.9. The second-order valence-electron chi connectivity index (χ2n) is 4.16. The van der Waals surface area contributed by atoms with Crippen molar-refractivity contribution in [2.45, 2.75) is 13.8 Å². The van der Waals surface area contributed by atoms with Crippen molar-refractivity contribution in [3.8, 4) is 0 Å². The fraction of sp³-hybridized carbons (Fsp3) is 0.143. The van der Waals surface area contributed by atoms with E-state index in [1.807, 2.05) is 26.0 Å². The molecule has 1 N–H and O–H groups in total. The minimum atomic E-state index is -0.218. The van der Waals surface area contributed by atoms with Crippen molar-refractivity contribution in [2.24, 2.45) is 0 Å². The summed E-state index contributed by atoms with van der Waals surface area (Å²) in [5.74, 6) is -0.218. The summed E-state index contributed by atoms with van der Waals surface area (Å²) in [6.45, 7) is 3.70. The maximum atomic E-state index is 12.2. The molecule has 5 heteroatoms. The van der Waals surface area contributed by atoms with Gasteiger partial charge in [0.05, 0.1) is 22.0 Å². The Balaban J connectivity index is 2.28. The van der Waals surface area contributed by atoms with Crippen LogP contribution in [0, 0.1) is 13.8 Å². The molecule has 0 aliphatic heterocycles. The molecule has 0 atom stereocenters. The summed E-state index contributed by atoms with van der Waals surface area (Å²) in [5, 5.41) is 3.28. The maximum absolute atomic E-state index is 12.2. The van der Waals surface area contributed by atoms with Gasteiger partial charge in [-0.2, -0.15) is 0 Å². The molecule has 0 saturated heterocycles. The molecule has 1 aromatic carbocycles. The van der Waals surface area contributed by atoms with E-state index in [2.05, 4.69) is 26.2 Å². The third-order valence-corrected chi connectivity index (χ3v) is 3.47. The SMILES string of the molecule is Cc1ccc(C(=O)Nc2cc(Br)ccc2Cl)c(C)n1. The smallest absolute Gasteiger partial charge is 0.257 e. The van der Waals surface area contributed by atoms with Gasteiger partial charge in [0.25, 0.3) is 5.91 Å². The van der Waals surface area contributed by atoms with E-state index in [0.717, 1.165) is 10.2 Å². The van der Waals surface area contributed by atoms with Crippen LogP contribution in [0.1, 0.15) is 21.7 Å². The Labute approximate surface area is 125 Å². The maximum Gasteiger partial charge on any atom is 0.257 e. The molecule has 2 aromatic rings. The van der Waals surface area contributed by atoms with Gasteiger partial charge in [-0.25, -0.2) is 0 Å². The zero-order chi connectivity index (χ0) is 14.0. The molecule has 19 heavy (non-hydrogen) atoms. The lowest BCUT2D eigenvalue weighted by atomic mass is 10.1. The molecule has 98 valence electrons. The molecule has 1 aromatic heterocycles. The Morgan fingerprint density at radius 3 is 2.68 bits per heavy atom. The summed E-state index contributed by atoms with van der Waals surface area (Å²) in [6, 6.07) is 8.87. The normalized spacial score (nSPS) is 10.3. The molecule has 1 heterocycles. The quantitative estimate of drug-likeness (QED) is 0.883. The average Bonchev–Trinajstić information content (AvgIpc) is 2.33. The van der Waals surface area contributed by atoms with E-state index in [0.29, 0.717) is 22.0 Å². The molecule has 3 nitrogen and oxygen atoms in total. The number of nitrogens with one attached hydrogen (secondary N) is 1. The predicted octanol–water partition coefficient (Wildman–Crippen LogP) is 4.37. The number of aryl methyl sites for hydroxylation is 2. The number of anilines is 1. The topological polar surface area (TPSA) is 42.0 Å². The fourth-order valence-electron chi connectivity index (χ4n) is 1.71. The monoisotopic (exact) mass is 338 g/mol. The van der Waals surface area contributed by atoms with Crippen LogP contribution in [0.3, 0.4) is 0 Å². The molecule has 1 amide bonds. The zero-order valence-corrected chi connectivity index (χ0v) is 12.8. The van der Waals surface area contributed by atoms with Crippen molar-refractivity contribution < 1.29 is 4.79 Å². The summed E-state index contributed by atoms with van der Waals surface area (Å²) in [6.07, 6.45) is 0. The van der Waals surface area contributed by atoms with Gasteiger partial charge in [0.15, 0.2) is 0 Å². The fourth-order valence-corrected chi connectivity index (χ4v) is 2.24. The molecule has 0 bridgehead atoms. The highest BCUT2D eigenvalue weighted by Gasteiger charge is 2.12. The highest BCUT2D eigenvalue weighted by Crippen LogP contribution is 2.26. The third-order valence-electron chi connectivity index (χ3n) is 2.65. The Morgan fingerprint density at radius 2 is 2.00 bits per heavy atom. The van der Waals surface area contributed by atoms with Gasteiger partial charge in [-0.15, -0.1) is 0 Å². The van der Waals surface area contributed by atoms with Gasteiger partial charge in [0.2, 0.25) is 0 Å². The molecule has 0 unspecified atom stereocenters. The van der Waals surface area contributed by atoms with Crippen LogP contribution in [0.25, 0.3) is 0 Å². The van der Waals surface area contributed by atoms with Crippen LogP contribution < -0.4 is 5.32 Å². The van der Waals surface area contributed by atoms with Gasteiger partial charge in [0.1, 0.15) is 0 Å². The van der Waals surface area contributed by atoms with E-state index in [9.17, 15) is 4.79 Å². The number of amides is 1. The number of carbonyl (C=O) groups is 1. The van der Waals surface area contributed by atoms with Crippen LogP contribution in [-0.4, -0.2) is 10.9 Å². The van der Waals surface area contributed by atoms with E-state index in [-0.39, 0.29) is 5.91 Å². The molecule has 0 fully saturated rings. The van der Waals surface area contributed by atoms with Crippen molar-refractivity contribution >= 4 is 39.1 Å². The van der Waals surface area contributed by atoms with Crippen LogP contribution in [0.5, 0.6) is 0 Å². The summed E-state index contributed by atoms with van der Waals surface area (Å²) in [4.78, 5) is 16.5. The first kappa shape index (κ1) is 14.0. The second-order valence-corrected chi connectivity index (χ2v) is 5.49. The van der Waals surface area contributed by atoms with E-state index in [1.54, 1.807) is 18.2 Å². The number of benzene rings is 1. The largest absolute Gasteiger partial charge is 0.321 e. The zero-order valence-electron chi connectivity index (χ0n) is 10.5. The number of nitrogens with zero attached hydrogens (tertiary/aromatic N) is 1. The summed E-state index contributed by atoms with van der Waals surface area (Å²) >= 11 is 9.39. The Morgan fingerprint density at radius 1 is 1.26 bits per heavy atom. The second kappa shape index (κ2) is 5.72. The first-order valence-corrected chi connectivity index (χ1v) is 6.85. The van der Waals surface area contributed by atoms with Gasteiger partial charge in [-0.05, 0) is 44.2 Å². The van der Waals surface area contributed by atoms with Crippen molar-refractivity contribution in [3.05, 3.63) is 56.8 Å². The minimum Gasteiger partial charge on any atom is -0.321 e. The lowest BCUT2D eigenvalue weighted by Crippen LogP contribution is -2.14. The van der Waals surface area contributed by atoms with Crippen LogP contribution in [0.15, 0.2) is 34.8 Å². The van der Waals surface area contributed by atoms with Crippen LogP contribution in [0.4, 0.5) is 5.69 Å². The van der Waals surface area contributed by atoms with Crippen molar-refractivity contribution in [1.29, 1.82) is 0 Å². The van der Waals surface area contributed by atoms with Crippen LogP contribution >= 0.6 is 27.5 Å². The molecule has 0 spiro atoms. The Kier molecular flexibility index (Phi) is 4.22. The van der Waals surface area contributed by atoms with E-state index >= 15 is 0 Å². The molecule has 2 rings (SSSR count). The van der Waals surface area contributed by atoms with Gasteiger partial charge in [0, 0.05) is 10.2 Å². The summed E-state index contributed by atoms with van der Waals surface area (Å²) in [5.41, 5.74) is 2.70. The number of hydrogen-bond acceptors (Lipinski definition) is 2. The van der Waals surface area contributed by atoms with Crippen molar-refractivity contribution in [1.82, 2.24) is 4.98 Å². The number of hydrogen-bond donors (Lipinski definition) is 1. The first-order chi connectivity index (χ1) is 8.97. The van der Waals surface area contributed by atoms with Gasteiger partial charge in [-0.3, -0.25) is 9.78 Å². The van der Waals surface area contributed by atoms with Crippen molar-refractivity contribution in [2.75, 3.05) is 5.32 Å². The number of pyridine rings is 1. The van der Waals surface area contributed by atoms with Gasteiger partial charge in [-0.1, -0.05) is 27.5 Å². The molecule has 0 aliphatic rings.